The number of carbonyl (C=O) groups is 4. The van der Waals surface area contributed by atoms with E-state index in [0.29, 0.717) is 0 Å². The third-order valence-electron chi connectivity index (χ3n) is 7.50. The molecule has 0 bridgehead atoms. The van der Waals surface area contributed by atoms with Crippen molar-refractivity contribution in [3.05, 3.63) is 71.8 Å². The first kappa shape index (κ1) is 36.0. The molecule has 4 rings (SSSR count). The van der Waals surface area contributed by atoms with E-state index in [2.05, 4.69) is 0 Å². The van der Waals surface area contributed by atoms with Crippen LogP contribution in [0.3, 0.4) is 0 Å². The topological polar surface area (TPSA) is 151 Å². The van der Waals surface area contributed by atoms with Crippen LogP contribution in [0.5, 0.6) is 0 Å². The van der Waals surface area contributed by atoms with Gasteiger partial charge in [-0.1, -0.05) is 60.7 Å². The number of esters is 4. The fraction of sp³-hybridized carbons (Fsp3) is 0.529. The highest BCUT2D eigenvalue weighted by molar-refractivity contribution is 5.68. The predicted octanol–water partition coefficient (Wildman–Crippen LogP) is 3.39. The van der Waals surface area contributed by atoms with Crippen LogP contribution in [0, 0.1) is 0 Å². The number of hydrogen-bond donors (Lipinski definition) is 0. The van der Waals surface area contributed by atoms with Gasteiger partial charge in [-0.3, -0.25) is 19.2 Å². The third-order valence-corrected chi connectivity index (χ3v) is 7.50. The molecule has 13 heteroatoms. The molecule has 2 aliphatic heterocycles. The number of ether oxygens (including phenoxy) is 9. The van der Waals surface area contributed by atoms with Gasteiger partial charge in [-0.25, -0.2) is 0 Å². The molecule has 10 atom stereocenters. The van der Waals surface area contributed by atoms with E-state index >= 15 is 0 Å². The first-order valence-corrected chi connectivity index (χ1v) is 15.4. The van der Waals surface area contributed by atoms with E-state index in [-0.39, 0.29) is 13.2 Å². The van der Waals surface area contributed by atoms with Crippen LogP contribution < -0.4 is 0 Å². The third kappa shape index (κ3) is 10.1. The second-order valence-electron chi connectivity index (χ2n) is 11.4. The highest BCUT2D eigenvalue weighted by Crippen LogP contribution is 2.35. The summed E-state index contributed by atoms with van der Waals surface area (Å²) in [5.41, 5.74) is 1.70. The maximum absolute atomic E-state index is 12.4. The zero-order valence-electron chi connectivity index (χ0n) is 27.3. The van der Waals surface area contributed by atoms with Crippen LogP contribution in [0.2, 0.25) is 0 Å². The van der Waals surface area contributed by atoms with Gasteiger partial charge in [0.25, 0.3) is 0 Å². The van der Waals surface area contributed by atoms with Gasteiger partial charge >= 0.3 is 23.9 Å². The Kier molecular flexibility index (Phi) is 12.9. The van der Waals surface area contributed by atoms with Crippen molar-refractivity contribution in [3.63, 3.8) is 0 Å². The van der Waals surface area contributed by atoms with Crippen molar-refractivity contribution in [1.29, 1.82) is 0 Å². The van der Waals surface area contributed by atoms with Gasteiger partial charge in [0.15, 0.2) is 24.6 Å². The van der Waals surface area contributed by atoms with Gasteiger partial charge in [0.05, 0.1) is 25.4 Å². The Bertz CT molecular complexity index is 1340. The van der Waals surface area contributed by atoms with Gasteiger partial charge in [0, 0.05) is 27.7 Å². The Labute approximate surface area is 273 Å². The standard InChI is InChI=1S/C34H42O13/c1-19-27(39-17-25-13-9-7-10-14-25)29(31(33(41-19)46-24(6)38)40-18-26-15-11-8-12-16-26)47-34-32(45-23(5)37)30(44-22(4)36)28(20(2)42-34)43-21(3)35/h7-16,19-20,27-34H,17-18H2,1-6H3/t19-,20-,27+,28-,29+,30+,31-,32+,33-,34-/m0/s1. The van der Waals surface area contributed by atoms with E-state index in [0.717, 1.165) is 11.1 Å². The van der Waals surface area contributed by atoms with Crippen molar-refractivity contribution < 1.29 is 61.8 Å². The molecule has 256 valence electrons. The minimum atomic E-state index is -1.39. The van der Waals surface area contributed by atoms with Gasteiger partial charge in [0.2, 0.25) is 6.29 Å². The highest BCUT2D eigenvalue weighted by Gasteiger charge is 2.55. The molecule has 2 heterocycles. The molecule has 0 amide bonds. The minimum absolute atomic E-state index is 0.0895. The van der Waals surface area contributed by atoms with Crippen molar-refractivity contribution in [1.82, 2.24) is 0 Å². The molecule has 0 aliphatic carbocycles. The Hall–Kier alpha value is -3.88. The number of hydrogen-bond acceptors (Lipinski definition) is 13. The lowest BCUT2D eigenvalue weighted by atomic mass is 9.96. The van der Waals surface area contributed by atoms with E-state index in [9.17, 15) is 19.2 Å². The van der Waals surface area contributed by atoms with Crippen LogP contribution in [0.25, 0.3) is 0 Å². The smallest absolute Gasteiger partial charge is 0.305 e. The van der Waals surface area contributed by atoms with Crippen LogP contribution in [0.4, 0.5) is 0 Å². The van der Waals surface area contributed by atoms with E-state index < -0.39 is 85.3 Å². The molecule has 47 heavy (non-hydrogen) atoms. The summed E-state index contributed by atoms with van der Waals surface area (Å²) < 4.78 is 53.8. The zero-order valence-corrected chi connectivity index (χ0v) is 27.3. The SMILES string of the molecule is CC(=O)O[C@@H]1O[C@@H](C)[C@@H](OCc2ccccc2)[C@@H](O[C@@H]2O[C@@H](C)[C@H](OC(C)=O)[C@@H](OC(C)=O)[C@H]2OC(C)=O)[C@@H]1OCc1ccccc1. The van der Waals surface area contributed by atoms with Crippen LogP contribution in [-0.2, 0) is 75.0 Å². The molecule has 2 saturated heterocycles. The van der Waals surface area contributed by atoms with Gasteiger partial charge in [-0.2, -0.15) is 0 Å². The molecule has 2 aliphatic rings. The van der Waals surface area contributed by atoms with Crippen LogP contribution in [-0.4, -0.2) is 85.3 Å². The summed E-state index contributed by atoms with van der Waals surface area (Å²) >= 11 is 0. The Balaban J connectivity index is 1.73. The highest BCUT2D eigenvalue weighted by atomic mass is 16.8. The molecule has 0 aromatic heterocycles. The van der Waals surface area contributed by atoms with Gasteiger partial charge in [-0.05, 0) is 25.0 Å². The first-order valence-electron chi connectivity index (χ1n) is 15.4. The lowest BCUT2D eigenvalue weighted by molar-refractivity contribution is -0.360. The summed E-state index contributed by atoms with van der Waals surface area (Å²) in [6.45, 7) is 8.39. The summed E-state index contributed by atoms with van der Waals surface area (Å²) in [7, 11) is 0. The molecule has 13 nitrogen and oxygen atoms in total. The average molecular weight is 659 g/mol. The summed E-state index contributed by atoms with van der Waals surface area (Å²) in [4.78, 5) is 48.8. The average Bonchev–Trinajstić information content (AvgIpc) is 3.00. The van der Waals surface area contributed by atoms with E-state index in [1.54, 1.807) is 13.8 Å². The summed E-state index contributed by atoms with van der Waals surface area (Å²) in [6, 6.07) is 18.8. The molecule has 0 spiro atoms. The Morgan fingerprint density at radius 3 is 1.45 bits per heavy atom. The molecule has 0 radical (unpaired) electrons. The summed E-state index contributed by atoms with van der Waals surface area (Å²) in [5.74, 6) is -2.71. The Morgan fingerprint density at radius 1 is 0.511 bits per heavy atom. The number of rotatable bonds is 12. The molecular weight excluding hydrogens is 616 g/mol. The van der Waals surface area contributed by atoms with Gasteiger partial charge in [0.1, 0.15) is 18.3 Å². The zero-order chi connectivity index (χ0) is 34.1. The molecular formula is C34H42O13. The van der Waals surface area contributed by atoms with Crippen LogP contribution >= 0.6 is 0 Å². The van der Waals surface area contributed by atoms with E-state index in [1.807, 2.05) is 60.7 Å². The summed E-state index contributed by atoms with van der Waals surface area (Å²) in [5, 5.41) is 0. The Morgan fingerprint density at radius 2 is 0.936 bits per heavy atom. The first-order chi connectivity index (χ1) is 22.4. The molecule has 0 N–H and O–H groups in total. The van der Waals surface area contributed by atoms with Crippen molar-refractivity contribution in [2.45, 2.75) is 116 Å². The van der Waals surface area contributed by atoms with Crippen LogP contribution in [0.15, 0.2) is 60.7 Å². The minimum Gasteiger partial charge on any atom is -0.456 e. The fourth-order valence-corrected chi connectivity index (χ4v) is 5.56. The largest absolute Gasteiger partial charge is 0.456 e. The molecule has 2 fully saturated rings. The van der Waals surface area contributed by atoms with E-state index in [1.165, 1.54) is 27.7 Å². The monoisotopic (exact) mass is 658 g/mol. The normalized spacial score (nSPS) is 30.5. The quantitative estimate of drug-likeness (QED) is 0.242. The number of benzene rings is 2. The number of carbonyl (C=O) groups excluding carboxylic acids is 4. The van der Waals surface area contributed by atoms with Gasteiger partial charge in [-0.15, -0.1) is 0 Å². The lowest BCUT2D eigenvalue weighted by Gasteiger charge is -2.48. The second-order valence-corrected chi connectivity index (χ2v) is 11.4. The van der Waals surface area contributed by atoms with E-state index in [4.69, 9.17) is 42.6 Å². The summed E-state index contributed by atoms with van der Waals surface area (Å²) in [6.07, 6.45) is -11.0. The van der Waals surface area contributed by atoms with Crippen molar-refractivity contribution in [3.8, 4) is 0 Å². The lowest BCUT2D eigenvalue weighted by Crippen LogP contribution is -2.65. The molecule has 2 aromatic carbocycles. The van der Waals surface area contributed by atoms with Crippen molar-refractivity contribution in [2.75, 3.05) is 0 Å². The fourth-order valence-electron chi connectivity index (χ4n) is 5.56. The second kappa shape index (κ2) is 16.8. The molecule has 0 unspecified atom stereocenters. The van der Waals surface area contributed by atoms with Gasteiger partial charge < -0.3 is 42.6 Å². The van der Waals surface area contributed by atoms with Crippen molar-refractivity contribution >= 4 is 23.9 Å². The molecule has 2 aromatic rings. The van der Waals surface area contributed by atoms with Crippen LogP contribution in [0.1, 0.15) is 52.7 Å². The maximum Gasteiger partial charge on any atom is 0.305 e. The predicted molar refractivity (Wildman–Crippen MR) is 162 cm³/mol. The van der Waals surface area contributed by atoms with Crippen molar-refractivity contribution in [2.24, 2.45) is 0 Å². The molecule has 0 saturated carbocycles. The maximum atomic E-state index is 12.4.